The highest BCUT2D eigenvalue weighted by Gasteiger charge is 2.31. The van der Waals surface area contributed by atoms with Gasteiger partial charge in [-0.3, -0.25) is 0 Å². The third-order valence-electron chi connectivity index (χ3n) is 6.00. The Bertz CT molecular complexity index is 1540. The fourth-order valence-corrected chi connectivity index (χ4v) is 4.24. The van der Waals surface area contributed by atoms with E-state index in [4.69, 9.17) is 0 Å². The lowest BCUT2D eigenvalue weighted by Crippen LogP contribution is -2.35. The summed E-state index contributed by atoms with van der Waals surface area (Å²) in [7, 11) is 0. The molecule has 0 aliphatic heterocycles. The molecule has 6 rings (SSSR count). The molecule has 2 aromatic heterocycles. The van der Waals surface area contributed by atoms with Crippen molar-refractivity contribution in [2.45, 2.75) is 12.3 Å². The molecule has 0 saturated heterocycles. The average Bonchev–Trinajstić information content (AvgIpc) is 3.53. The first-order chi connectivity index (χ1) is 17.7. The average molecular weight is 479 g/mol. The highest BCUT2D eigenvalue weighted by atomic mass is 16.3. The van der Waals surface area contributed by atoms with Crippen LogP contribution in [-0.2, 0) is 0 Å². The van der Waals surface area contributed by atoms with Gasteiger partial charge in [-0.15, -0.1) is 10.2 Å². The summed E-state index contributed by atoms with van der Waals surface area (Å²) in [6.45, 7) is 0. The number of aromatic hydroxyl groups is 2. The number of phenols is 2. The third-order valence-corrected chi connectivity index (χ3v) is 6.00. The molecular formula is C26H22N8O2. The summed E-state index contributed by atoms with van der Waals surface area (Å²) in [4.78, 5) is 0. The van der Waals surface area contributed by atoms with Crippen LogP contribution in [0, 0.1) is 0 Å². The molecule has 0 amide bonds. The standard InChI is InChI=1S/C26H22N8O2/c35-23-15-7-3-11-19(23)27-25(33-21-13-5-1-9-17(21)29-31-33)26(28-20-12-4-8-16-24(20)36)34-22-14-6-2-10-18(22)30-32-34/h1-16,25-28,35-36H/t25-,26-/m0/s1. The summed E-state index contributed by atoms with van der Waals surface area (Å²) < 4.78 is 3.46. The van der Waals surface area contributed by atoms with E-state index in [1.165, 1.54) is 0 Å². The topological polar surface area (TPSA) is 126 Å². The Morgan fingerprint density at radius 3 is 1.36 bits per heavy atom. The second kappa shape index (κ2) is 8.91. The van der Waals surface area contributed by atoms with Gasteiger partial charge in [0.2, 0.25) is 0 Å². The van der Waals surface area contributed by atoms with Crippen LogP contribution in [0.15, 0.2) is 97.1 Å². The Labute approximate surface area is 205 Å². The van der Waals surface area contributed by atoms with Crippen molar-refractivity contribution in [3.63, 3.8) is 0 Å². The number of rotatable bonds is 7. The van der Waals surface area contributed by atoms with Crippen LogP contribution >= 0.6 is 0 Å². The van der Waals surface area contributed by atoms with Crippen LogP contribution in [-0.4, -0.2) is 40.2 Å². The first kappa shape index (κ1) is 21.4. The summed E-state index contributed by atoms with van der Waals surface area (Å²) in [5.41, 5.74) is 3.97. The largest absolute Gasteiger partial charge is 0.506 e. The van der Waals surface area contributed by atoms with Gasteiger partial charge in [-0.2, -0.15) is 0 Å². The van der Waals surface area contributed by atoms with E-state index in [0.29, 0.717) is 22.4 Å². The van der Waals surface area contributed by atoms with Gasteiger partial charge in [-0.25, -0.2) is 9.36 Å². The van der Waals surface area contributed by atoms with Crippen LogP contribution in [0.4, 0.5) is 11.4 Å². The van der Waals surface area contributed by atoms with Crippen molar-refractivity contribution in [3.8, 4) is 11.5 Å². The smallest absolute Gasteiger partial charge is 0.164 e. The number of hydrogen-bond donors (Lipinski definition) is 4. The van der Waals surface area contributed by atoms with Gasteiger partial charge in [0, 0.05) is 0 Å². The molecule has 10 nitrogen and oxygen atoms in total. The molecule has 2 heterocycles. The van der Waals surface area contributed by atoms with E-state index in [-0.39, 0.29) is 11.5 Å². The molecule has 36 heavy (non-hydrogen) atoms. The van der Waals surface area contributed by atoms with Gasteiger partial charge in [0.05, 0.1) is 22.4 Å². The molecular weight excluding hydrogens is 456 g/mol. The molecule has 0 saturated carbocycles. The number of nitrogens with one attached hydrogen (secondary N) is 2. The zero-order valence-electron chi connectivity index (χ0n) is 19.0. The minimum atomic E-state index is -0.671. The summed E-state index contributed by atoms with van der Waals surface area (Å²) in [5, 5.41) is 45.6. The Kier molecular flexibility index (Phi) is 5.30. The molecule has 0 unspecified atom stereocenters. The number of fused-ring (bicyclic) bond motifs is 2. The van der Waals surface area contributed by atoms with Gasteiger partial charge in [-0.05, 0) is 48.5 Å². The number of hydrogen-bond acceptors (Lipinski definition) is 8. The van der Waals surface area contributed by atoms with Gasteiger partial charge < -0.3 is 20.8 Å². The lowest BCUT2D eigenvalue weighted by atomic mass is 10.2. The summed E-state index contributed by atoms with van der Waals surface area (Å²) >= 11 is 0. The van der Waals surface area contributed by atoms with E-state index in [9.17, 15) is 10.2 Å². The van der Waals surface area contributed by atoms with Crippen molar-refractivity contribution in [1.29, 1.82) is 0 Å². The number of aromatic nitrogens is 6. The maximum atomic E-state index is 10.6. The molecule has 4 N–H and O–H groups in total. The van der Waals surface area contributed by atoms with Gasteiger partial charge in [0.15, 0.2) is 12.3 Å². The molecule has 0 fully saturated rings. The summed E-state index contributed by atoms with van der Waals surface area (Å²) in [6.07, 6.45) is -1.34. The van der Waals surface area contributed by atoms with Crippen molar-refractivity contribution >= 4 is 33.4 Å². The van der Waals surface area contributed by atoms with Crippen LogP contribution in [0.25, 0.3) is 22.1 Å². The first-order valence-corrected chi connectivity index (χ1v) is 11.4. The minimum absolute atomic E-state index is 0.0803. The predicted octanol–water partition coefficient (Wildman–Crippen LogP) is 4.51. The Hall–Kier alpha value is -5.12. The van der Waals surface area contributed by atoms with E-state index >= 15 is 0 Å². The number of para-hydroxylation sites is 6. The minimum Gasteiger partial charge on any atom is -0.506 e. The predicted molar refractivity (Wildman–Crippen MR) is 137 cm³/mol. The maximum absolute atomic E-state index is 10.6. The van der Waals surface area contributed by atoms with Crippen molar-refractivity contribution < 1.29 is 10.2 Å². The highest BCUT2D eigenvalue weighted by Crippen LogP contribution is 2.35. The van der Waals surface area contributed by atoms with Gasteiger partial charge >= 0.3 is 0 Å². The summed E-state index contributed by atoms with van der Waals surface area (Å²) in [5.74, 6) is 0.161. The lowest BCUT2D eigenvalue weighted by molar-refractivity contribution is 0.344. The van der Waals surface area contributed by atoms with E-state index in [1.807, 2.05) is 60.7 Å². The highest BCUT2D eigenvalue weighted by molar-refractivity contribution is 5.75. The van der Waals surface area contributed by atoms with Crippen LogP contribution in [0.3, 0.4) is 0 Å². The van der Waals surface area contributed by atoms with Crippen LogP contribution in [0.5, 0.6) is 11.5 Å². The van der Waals surface area contributed by atoms with Crippen LogP contribution in [0.2, 0.25) is 0 Å². The van der Waals surface area contributed by atoms with Crippen molar-refractivity contribution in [2.75, 3.05) is 10.6 Å². The molecule has 0 aliphatic carbocycles. The monoisotopic (exact) mass is 478 g/mol. The number of nitrogens with zero attached hydrogens (tertiary/aromatic N) is 6. The Balaban J connectivity index is 1.57. The van der Waals surface area contributed by atoms with Gasteiger partial charge in [0.1, 0.15) is 22.5 Å². The van der Waals surface area contributed by atoms with Crippen molar-refractivity contribution in [3.05, 3.63) is 97.1 Å². The molecule has 4 aromatic carbocycles. The van der Waals surface area contributed by atoms with E-state index in [2.05, 4.69) is 31.3 Å². The van der Waals surface area contributed by atoms with Crippen LogP contribution < -0.4 is 10.6 Å². The molecule has 178 valence electrons. The maximum Gasteiger partial charge on any atom is 0.164 e. The Morgan fingerprint density at radius 2 is 0.917 bits per heavy atom. The van der Waals surface area contributed by atoms with Crippen molar-refractivity contribution in [1.82, 2.24) is 30.0 Å². The van der Waals surface area contributed by atoms with E-state index in [1.54, 1.807) is 45.8 Å². The Morgan fingerprint density at radius 1 is 0.528 bits per heavy atom. The first-order valence-electron chi connectivity index (χ1n) is 11.4. The molecule has 0 aliphatic rings. The normalized spacial score (nSPS) is 13.0. The lowest BCUT2D eigenvalue weighted by Gasteiger charge is -2.31. The SMILES string of the molecule is Oc1ccccc1N[C@H]([C@@H](Nc1ccccc1O)n1nnc2ccccc21)n1nnc2ccccc21. The molecule has 2 atom stereocenters. The van der Waals surface area contributed by atoms with Crippen molar-refractivity contribution in [2.24, 2.45) is 0 Å². The third kappa shape index (κ3) is 3.80. The second-order valence-electron chi connectivity index (χ2n) is 8.26. The molecule has 10 heteroatoms. The van der Waals surface area contributed by atoms with Crippen LogP contribution in [0.1, 0.15) is 12.3 Å². The molecule has 6 aromatic rings. The molecule has 0 bridgehead atoms. The molecule has 0 spiro atoms. The van der Waals surface area contributed by atoms with Gasteiger partial charge in [-0.1, -0.05) is 59.0 Å². The quantitative estimate of drug-likeness (QED) is 0.247. The van der Waals surface area contributed by atoms with E-state index < -0.39 is 12.3 Å². The zero-order chi connectivity index (χ0) is 24.5. The van der Waals surface area contributed by atoms with E-state index in [0.717, 1.165) is 11.0 Å². The second-order valence-corrected chi connectivity index (χ2v) is 8.26. The summed E-state index contributed by atoms with van der Waals surface area (Å²) in [6, 6.07) is 29.2. The fourth-order valence-electron chi connectivity index (χ4n) is 4.24. The number of benzene rings is 4. The zero-order valence-corrected chi connectivity index (χ0v) is 19.0. The number of anilines is 2. The number of phenolic OH excluding ortho intramolecular Hbond substituents is 2. The fraction of sp³-hybridized carbons (Fsp3) is 0.0769. The van der Waals surface area contributed by atoms with Gasteiger partial charge in [0.25, 0.3) is 0 Å². The molecule has 0 radical (unpaired) electrons.